The highest BCUT2D eigenvalue weighted by molar-refractivity contribution is 5.98. The van der Waals surface area contributed by atoms with Crippen LogP contribution in [0.2, 0.25) is 0 Å². The van der Waals surface area contributed by atoms with Crippen molar-refractivity contribution in [3.8, 4) is 18.0 Å². The molecule has 2 aromatic rings. The number of nitrogens with one attached hydrogen (secondary N) is 2. The number of rotatable bonds is 6. The van der Waals surface area contributed by atoms with E-state index in [0.717, 1.165) is 19.3 Å². The van der Waals surface area contributed by atoms with Gasteiger partial charge in [-0.3, -0.25) is 5.32 Å². The van der Waals surface area contributed by atoms with E-state index >= 15 is 0 Å². The number of halogens is 1. The monoisotopic (exact) mass is 408 g/mol. The van der Waals surface area contributed by atoms with Gasteiger partial charge in [0.25, 0.3) is 0 Å². The average Bonchev–Trinajstić information content (AvgIpc) is 2.72. The first-order chi connectivity index (χ1) is 14.5. The Labute approximate surface area is 173 Å². The quantitative estimate of drug-likeness (QED) is 0.323. The van der Waals surface area contributed by atoms with Crippen molar-refractivity contribution in [1.82, 2.24) is 10.3 Å². The molecule has 0 spiro atoms. The number of benzene rings is 1. The summed E-state index contributed by atoms with van der Waals surface area (Å²) in [5.74, 6) is -0.0597. The highest BCUT2D eigenvalue weighted by Gasteiger charge is 2.30. The Balaban J connectivity index is 2.07. The third-order valence-corrected chi connectivity index (χ3v) is 4.63. The minimum absolute atomic E-state index is 0.0330. The smallest absolute Gasteiger partial charge is 0.211 e. The minimum atomic E-state index is -0.754. The van der Waals surface area contributed by atoms with Crippen molar-refractivity contribution >= 4 is 23.3 Å². The van der Waals surface area contributed by atoms with Gasteiger partial charge in [-0.1, -0.05) is 25.8 Å². The maximum absolute atomic E-state index is 14.3. The zero-order valence-corrected chi connectivity index (χ0v) is 16.4. The van der Waals surface area contributed by atoms with Crippen molar-refractivity contribution < 1.29 is 9.13 Å². The van der Waals surface area contributed by atoms with Gasteiger partial charge < -0.3 is 21.5 Å². The number of guanidine groups is 1. The maximum atomic E-state index is 14.3. The van der Waals surface area contributed by atoms with Crippen LogP contribution in [-0.4, -0.2) is 17.6 Å². The molecule has 30 heavy (non-hydrogen) atoms. The molecule has 3 rings (SSSR count). The normalized spacial score (nSPS) is 14.5. The molecule has 0 radical (unpaired) electrons. The van der Waals surface area contributed by atoms with Crippen LogP contribution in [0.25, 0.3) is 0 Å². The van der Waals surface area contributed by atoms with E-state index in [1.54, 1.807) is 12.3 Å². The molecule has 1 aliphatic heterocycles. The predicted octanol–water partition coefficient (Wildman–Crippen LogP) is 2.77. The van der Waals surface area contributed by atoms with Crippen molar-refractivity contribution in [2.24, 2.45) is 4.99 Å². The molecular weight excluding hydrogens is 387 g/mol. The van der Waals surface area contributed by atoms with Gasteiger partial charge in [0.05, 0.1) is 12.3 Å². The Morgan fingerprint density at radius 1 is 1.30 bits per heavy atom. The van der Waals surface area contributed by atoms with Gasteiger partial charge >= 0.3 is 0 Å². The molecule has 1 aliphatic rings. The molecule has 1 atom stereocenters. The van der Waals surface area contributed by atoms with E-state index in [0.29, 0.717) is 17.7 Å². The van der Waals surface area contributed by atoms with E-state index in [4.69, 9.17) is 21.5 Å². The molecule has 1 aromatic heterocycles. The lowest BCUT2D eigenvalue weighted by atomic mass is 9.95. The van der Waals surface area contributed by atoms with Crippen LogP contribution in [0.15, 0.2) is 23.2 Å². The molecule has 0 amide bonds. The number of aliphatic imine (C=N–C) groups is 1. The van der Waals surface area contributed by atoms with Crippen molar-refractivity contribution in [2.75, 3.05) is 23.4 Å². The van der Waals surface area contributed by atoms with Gasteiger partial charge in [0.15, 0.2) is 17.8 Å². The lowest BCUT2D eigenvalue weighted by molar-refractivity contribution is 0.291. The largest absolute Gasteiger partial charge is 0.491 e. The number of nitriles is 2. The Morgan fingerprint density at radius 3 is 2.80 bits per heavy atom. The summed E-state index contributed by atoms with van der Waals surface area (Å²) in [6, 6.07) is 5.55. The number of nitrogens with zero attached hydrogens (tertiary/aromatic N) is 4. The zero-order chi connectivity index (χ0) is 21.7. The van der Waals surface area contributed by atoms with Gasteiger partial charge in [-0.15, -0.1) is 0 Å². The second-order valence-corrected chi connectivity index (χ2v) is 6.65. The number of fused-ring (bicyclic) bond motifs is 1. The fraction of sp³-hybridized carbons (Fsp3) is 0.300. The molecule has 6 N–H and O–H groups in total. The molecule has 10 heteroatoms. The molecule has 0 saturated carbocycles. The SMILES string of the molecule is CCCCCOc1cc(C2N=C(NC#N)Nc3nc(N)c(C#N)c(N)c32)ccc1F. The zero-order valence-electron chi connectivity index (χ0n) is 16.4. The molecule has 1 unspecified atom stereocenters. The lowest BCUT2D eigenvalue weighted by Crippen LogP contribution is -2.32. The summed E-state index contributed by atoms with van der Waals surface area (Å²) in [4.78, 5) is 8.65. The summed E-state index contributed by atoms with van der Waals surface area (Å²) in [6.07, 6.45) is 4.60. The third-order valence-electron chi connectivity index (χ3n) is 4.63. The van der Waals surface area contributed by atoms with Crippen molar-refractivity contribution in [2.45, 2.75) is 32.2 Å². The lowest BCUT2D eigenvalue weighted by Gasteiger charge is -2.26. The van der Waals surface area contributed by atoms with Crippen LogP contribution in [-0.2, 0) is 0 Å². The summed E-state index contributed by atoms with van der Waals surface area (Å²) < 4.78 is 19.9. The molecular formula is C20H21FN8O. The first-order valence-corrected chi connectivity index (χ1v) is 9.41. The molecule has 0 fully saturated rings. The molecule has 2 heterocycles. The van der Waals surface area contributed by atoms with Gasteiger partial charge in [-0.05, 0) is 24.1 Å². The second-order valence-electron chi connectivity index (χ2n) is 6.65. The maximum Gasteiger partial charge on any atom is 0.211 e. The molecule has 0 bridgehead atoms. The standard InChI is InChI=1S/C20H21FN8O/c1-2-3-4-7-30-14-8-11(5-6-13(14)21)17-15-16(24)12(9-22)18(25)28-19(15)29-20(27-17)26-10-23/h5-6,8,17H,2-4,7H2,1H3,(H6,24,25,26,27,28,29). The number of nitrogens with two attached hydrogens (primary N) is 2. The van der Waals surface area contributed by atoms with Crippen LogP contribution >= 0.6 is 0 Å². The number of hydrogen-bond donors (Lipinski definition) is 4. The number of nitrogen functional groups attached to an aromatic ring is 2. The first kappa shape index (κ1) is 20.7. The van der Waals surface area contributed by atoms with Gasteiger partial charge in [-0.2, -0.15) is 10.5 Å². The van der Waals surface area contributed by atoms with Gasteiger partial charge in [-0.25, -0.2) is 14.4 Å². The topological polar surface area (TPSA) is 158 Å². The summed E-state index contributed by atoms with van der Waals surface area (Å²) in [6.45, 7) is 2.46. The van der Waals surface area contributed by atoms with Crippen molar-refractivity contribution in [3.63, 3.8) is 0 Å². The van der Waals surface area contributed by atoms with Crippen LogP contribution in [0, 0.1) is 28.6 Å². The second kappa shape index (κ2) is 8.97. The molecule has 1 aromatic carbocycles. The van der Waals surface area contributed by atoms with E-state index in [-0.39, 0.29) is 34.6 Å². The highest BCUT2D eigenvalue weighted by atomic mass is 19.1. The van der Waals surface area contributed by atoms with E-state index in [1.165, 1.54) is 12.1 Å². The van der Waals surface area contributed by atoms with Gasteiger partial charge in [0.1, 0.15) is 29.3 Å². The Bertz CT molecular complexity index is 1070. The first-order valence-electron chi connectivity index (χ1n) is 9.41. The molecule has 9 nitrogen and oxygen atoms in total. The van der Waals surface area contributed by atoms with Crippen molar-refractivity contribution in [1.29, 1.82) is 10.5 Å². The Hall–Kier alpha value is -4.05. The molecule has 154 valence electrons. The fourth-order valence-electron chi connectivity index (χ4n) is 3.16. The number of anilines is 3. The van der Waals surface area contributed by atoms with Gasteiger partial charge in [0.2, 0.25) is 5.96 Å². The van der Waals surface area contributed by atoms with Crippen LogP contribution in [0.3, 0.4) is 0 Å². The molecule has 0 saturated heterocycles. The highest BCUT2D eigenvalue weighted by Crippen LogP contribution is 2.41. The number of unbranched alkanes of at least 4 members (excludes halogenated alkanes) is 2. The predicted molar refractivity (Wildman–Crippen MR) is 111 cm³/mol. The fourth-order valence-corrected chi connectivity index (χ4v) is 3.16. The number of aromatic nitrogens is 1. The minimum Gasteiger partial charge on any atom is -0.491 e. The van der Waals surface area contributed by atoms with E-state index in [2.05, 4.69) is 27.5 Å². The van der Waals surface area contributed by atoms with E-state index in [1.807, 2.05) is 6.07 Å². The number of hydrogen-bond acceptors (Lipinski definition) is 9. The molecule has 0 aliphatic carbocycles. The Kier molecular flexibility index (Phi) is 6.18. The average molecular weight is 408 g/mol. The summed E-state index contributed by atoms with van der Waals surface area (Å²) in [5.41, 5.74) is 13.2. The van der Waals surface area contributed by atoms with Gasteiger partial charge in [0, 0.05) is 5.56 Å². The van der Waals surface area contributed by atoms with E-state index < -0.39 is 11.9 Å². The third kappa shape index (κ3) is 4.03. The van der Waals surface area contributed by atoms with Crippen LogP contribution in [0.1, 0.15) is 48.9 Å². The van der Waals surface area contributed by atoms with Crippen LogP contribution in [0.4, 0.5) is 21.7 Å². The van der Waals surface area contributed by atoms with E-state index in [9.17, 15) is 9.65 Å². The van der Waals surface area contributed by atoms with Crippen LogP contribution < -0.4 is 26.8 Å². The Morgan fingerprint density at radius 2 is 2.10 bits per heavy atom. The number of pyridine rings is 1. The van der Waals surface area contributed by atoms with Crippen LogP contribution in [0.5, 0.6) is 5.75 Å². The van der Waals surface area contributed by atoms with Crippen molar-refractivity contribution in [3.05, 3.63) is 40.7 Å². The summed E-state index contributed by atoms with van der Waals surface area (Å²) in [7, 11) is 0. The summed E-state index contributed by atoms with van der Waals surface area (Å²) >= 11 is 0. The summed E-state index contributed by atoms with van der Waals surface area (Å²) in [5, 5.41) is 23.6. The number of ether oxygens (including phenoxy) is 1.